The minimum absolute atomic E-state index is 0.0878. The number of piperidine rings is 1. The van der Waals surface area contributed by atoms with Gasteiger partial charge in [-0.05, 0) is 24.3 Å². The lowest BCUT2D eigenvalue weighted by Crippen LogP contribution is -2.38. The Hall–Kier alpha value is -2.88. The topological polar surface area (TPSA) is 96.2 Å². The molecule has 0 spiro atoms. The van der Waals surface area contributed by atoms with E-state index in [4.69, 9.17) is 4.42 Å². The first kappa shape index (κ1) is 16.0. The molecule has 1 fully saturated rings. The molecule has 1 aromatic carbocycles. The molecular formula is C17H18N4O3. The SMILES string of the molecule is C[C@@H]1C[C@H](C)CN(c2oc(-c3ccccc3[N+](=O)[O-])nc2C#N)C1. The molecular weight excluding hydrogens is 308 g/mol. The highest BCUT2D eigenvalue weighted by Gasteiger charge is 2.29. The van der Waals surface area contributed by atoms with Crippen LogP contribution in [0, 0.1) is 33.3 Å². The van der Waals surface area contributed by atoms with Crippen molar-refractivity contribution in [3.63, 3.8) is 0 Å². The molecule has 3 rings (SSSR count). The predicted molar refractivity (Wildman–Crippen MR) is 88.5 cm³/mol. The Labute approximate surface area is 139 Å². The van der Waals surface area contributed by atoms with Crippen LogP contribution < -0.4 is 4.90 Å². The van der Waals surface area contributed by atoms with E-state index in [0.29, 0.717) is 17.7 Å². The molecule has 0 unspecified atom stereocenters. The van der Waals surface area contributed by atoms with Crippen molar-refractivity contribution in [3.05, 3.63) is 40.1 Å². The van der Waals surface area contributed by atoms with Crippen molar-refractivity contribution >= 4 is 11.6 Å². The van der Waals surface area contributed by atoms with Gasteiger partial charge in [-0.1, -0.05) is 26.0 Å². The molecule has 2 atom stereocenters. The van der Waals surface area contributed by atoms with Gasteiger partial charge in [-0.15, -0.1) is 0 Å². The standard InChI is InChI=1S/C17H18N4O3/c1-11-7-12(2)10-20(9-11)17-14(8-18)19-16(24-17)13-5-3-4-6-15(13)21(22)23/h3-6,11-12H,7,9-10H2,1-2H3/t11-,12+. The summed E-state index contributed by atoms with van der Waals surface area (Å²) in [5.74, 6) is 1.49. The first-order valence-corrected chi connectivity index (χ1v) is 7.89. The summed E-state index contributed by atoms with van der Waals surface area (Å²) in [6.45, 7) is 5.89. The maximum absolute atomic E-state index is 11.2. The molecule has 24 heavy (non-hydrogen) atoms. The zero-order valence-electron chi connectivity index (χ0n) is 13.6. The fraction of sp³-hybridized carbons (Fsp3) is 0.412. The molecule has 1 aliphatic rings. The third-order valence-electron chi connectivity index (χ3n) is 4.20. The zero-order chi connectivity index (χ0) is 17.3. The van der Waals surface area contributed by atoms with Gasteiger partial charge in [-0.2, -0.15) is 10.2 Å². The van der Waals surface area contributed by atoms with Gasteiger partial charge in [-0.3, -0.25) is 10.1 Å². The maximum atomic E-state index is 11.2. The predicted octanol–water partition coefficient (Wildman–Crippen LogP) is 3.60. The number of benzene rings is 1. The number of para-hydroxylation sites is 1. The Morgan fingerprint density at radius 3 is 2.62 bits per heavy atom. The van der Waals surface area contributed by atoms with Crippen molar-refractivity contribution in [2.45, 2.75) is 20.3 Å². The van der Waals surface area contributed by atoms with Gasteiger partial charge in [0.25, 0.3) is 5.69 Å². The Morgan fingerprint density at radius 1 is 1.33 bits per heavy atom. The van der Waals surface area contributed by atoms with E-state index in [0.717, 1.165) is 19.5 Å². The number of oxazole rings is 1. The van der Waals surface area contributed by atoms with Gasteiger partial charge in [0, 0.05) is 19.2 Å². The smallest absolute Gasteiger partial charge is 0.282 e. The molecule has 2 aromatic rings. The van der Waals surface area contributed by atoms with Gasteiger partial charge in [0.05, 0.1) is 4.92 Å². The van der Waals surface area contributed by atoms with Crippen LogP contribution >= 0.6 is 0 Å². The molecule has 0 bridgehead atoms. The summed E-state index contributed by atoms with van der Waals surface area (Å²) in [4.78, 5) is 16.9. The third-order valence-corrected chi connectivity index (χ3v) is 4.20. The van der Waals surface area contributed by atoms with Crippen molar-refractivity contribution < 1.29 is 9.34 Å². The van der Waals surface area contributed by atoms with Gasteiger partial charge in [0.2, 0.25) is 17.5 Å². The average Bonchev–Trinajstić information content (AvgIpc) is 2.98. The van der Waals surface area contributed by atoms with E-state index in [9.17, 15) is 15.4 Å². The second-order valence-electron chi connectivity index (χ2n) is 6.41. The first-order chi connectivity index (χ1) is 11.5. The number of nitriles is 1. The second-order valence-corrected chi connectivity index (χ2v) is 6.41. The van der Waals surface area contributed by atoms with Crippen LogP contribution in [0.15, 0.2) is 28.7 Å². The van der Waals surface area contributed by atoms with E-state index in [2.05, 4.69) is 18.8 Å². The zero-order valence-corrected chi connectivity index (χ0v) is 13.6. The van der Waals surface area contributed by atoms with Crippen molar-refractivity contribution in [1.29, 1.82) is 5.26 Å². The summed E-state index contributed by atoms with van der Waals surface area (Å²) in [6, 6.07) is 8.30. The fourth-order valence-corrected chi connectivity index (χ4v) is 3.36. The summed E-state index contributed by atoms with van der Waals surface area (Å²) in [7, 11) is 0. The molecule has 1 saturated heterocycles. The van der Waals surface area contributed by atoms with Crippen LogP contribution in [0.1, 0.15) is 26.0 Å². The summed E-state index contributed by atoms with van der Waals surface area (Å²) < 4.78 is 5.81. The Kier molecular flexibility index (Phi) is 4.21. The van der Waals surface area contributed by atoms with Crippen LogP contribution in [0.5, 0.6) is 0 Å². The van der Waals surface area contributed by atoms with Crippen molar-refractivity contribution in [3.8, 4) is 17.5 Å². The minimum atomic E-state index is -0.476. The molecule has 2 heterocycles. The minimum Gasteiger partial charge on any atom is -0.419 e. The lowest BCUT2D eigenvalue weighted by Gasteiger charge is -2.34. The molecule has 7 heteroatoms. The van der Waals surface area contributed by atoms with Crippen LogP contribution in [0.3, 0.4) is 0 Å². The molecule has 7 nitrogen and oxygen atoms in total. The highest BCUT2D eigenvalue weighted by molar-refractivity contribution is 5.69. The number of nitro benzene ring substituents is 1. The summed E-state index contributed by atoms with van der Waals surface area (Å²) in [5, 5.41) is 20.6. The van der Waals surface area contributed by atoms with Crippen molar-refractivity contribution in [2.75, 3.05) is 18.0 Å². The highest BCUT2D eigenvalue weighted by atomic mass is 16.6. The number of rotatable bonds is 3. The van der Waals surface area contributed by atoms with E-state index in [1.807, 2.05) is 11.0 Å². The number of aromatic nitrogens is 1. The second kappa shape index (κ2) is 6.32. The lowest BCUT2D eigenvalue weighted by molar-refractivity contribution is -0.384. The fourth-order valence-electron chi connectivity index (χ4n) is 3.36. The molecule has 0 N–H and O–H groups in total. The number of nitro groups is 1. The van der Waals surface area contributed by atoms with E-state index in [1.54, 1.807) is 18.2 Å². The van der Waals surface area contributed by atoms with Crippen LogP contribution in [-0.2, 0) is 0 Å². The number of anilines is 1. The van der Waals surface area contributed by atoms with Gasteiger partial charge >= 0.3 is 0 Å². The van der Waals surface area contributed by atoms with Crippen LogP contribution in [0.25, 0.3) is 11.5 Å². The van der Waals surface area contributed by atoms with E-state index in [-0.39, 0.29) is 22.8 Å². The average molecular weight is 326 g/mol. The number of hydrogen-bond donors (Lipinski definition) is 0. The van der Waals surface area contributed by atoms with Crippen molar-refractivity contribution in [2.24, 2.45) is 11.8 Å². The summed E-state index contributed by atoms with van der Waals surface area (Å²) in [6.07, 6.45) is 1.13. The molecule has 1 aromatic heterocycles. The van der Waals surface area contributed by atoms with Crippen LogP contribution in [0.2, 0.25) is 0 Å². The Balaban J connectivity index is 2.03. The highest BCUT2D eigenvalue weighted by Crippen LogP contribution is 2.35. The van der Waals surface area contributed by atoms with Gasteiger partial charge in [0.1, 0.15) is 11.6 Å². The van der Waals surface area contributed by atoms with Crippen LogP contribution in [-0.4, -0.2) is 23.0 Å². The number of hydrogen-bond acceptors (Lipinski definition) is 6. The van der Waals surface area contributed by atoms with Gasteiger partial charge in [-0.25, -0.2) is 0 Å². The Bertz CT molecular complexity index is 798. The number of nitrogens with zero attached hydrogens (tertiary/aromatic N) is 4. The molecule has 124 valence electrons. The van der Waals surface area contributed by atoms with Crippen LogP contribution in [0.4, 0.5) is 11.6 Å². The molecule has 1 aliphatic heterocycles. The summed E-state index contributed by atoms with van der Waals surface area (Å²) >= 11 is 0. The lowest BCUT2D eigenvalue weighted by atomic mass is 9.92. The molecule has 0 amide bonds. The molecule has 0 saturated carbocycles. The van der Waals surface area contributed by atoms with Gasteiger partial charge in [0.15, 0.2) is 0 Å². The molecule has 0 aliphatic carbocycles. The summed E-state index contributed by atoms with van der Waals surface area (Å²) in [5.41, 5.74) is 0.364. The largest absolute Gasteiger partial charge is 0.419 e. The first-order valence-electron chi connectivity index (χ1n) is 7.89. The van der Waals surface area contributed by atoms with E-state index >= 15 is 0 Å². The maximum Gasteiger partial charge on any atom is 0.282 e. The monoisotopic (exact) mass is 326 g/mol. The van der Waals surface area contributed by atoms with Crippen molar-refractivity contribution in [1.82, 2.24) is 4.98 Å². The van der Waals surface area contributed by atoms with E-state index in [1.165, 1.54) is 6.07 Å². The van der Waals surface area contributed by atoms with Gasteiger partial charge < -0.3 is 9.32 Å². The normalized spacial score (nSPS) is 20.6. The quantitative estimate of drug-likeness (QED) is 0.631. The van der Waals surface area contributed by atoms with E-state index < -0.39 is 4.92 Å². The Morgan fingerprint density at radius 2 is 2.00 bits per heavy atom. The third kappa shape index (κ3) is 2.95. The molecule has 0 radical (unpaired) electrons.